The Morgan fingerprint density at radius 1 is 1.18 bits per heavy atom. The summed E-state index contributed by atoms with van der Waals surface area (Å²) in [4.78, 5) is 2.41. The van der Waals surface area contributed by atoms with E-state index in [0.29, 0.717) is 6.04 Å². The number of hydrogen-bond acceptors (Lipinski definition) is 2. The predicted molar refractivity (Wildman–Crippen MR) is 76.2 cm³/mol. The van der Waals surface area contributed by atoms with E-state index in [9.17, 15) is 0 Å². The van der Waals surface area contributed by atoms with Crippen molar-refractivity contribution in [3.63, 3.8) is 0 Å². The second-order valence-corrected chi connectivity index (χ2v) is 6.29. The smallest absolute Gasteiger partial charge is 0.0354 e. The van der Waals surface area contributed by atoms with Gasteiger partial charge in [0, 0.05) is 11.6 Å². The van der Waals surface area contributed by atoms with Gasteiger partial charge in [-0.3, -0.25) is 0 Å². The lowest BCUT2D eigenvalue weighted by atomic mass is 9.73. The Bertz CT molecular complexity index is 207. The predicted octanol–water partition coefficient (Wildman–Crippen LogP) is 3.40. The van der Waals surface area contributed by atoms with Crippen LogP contribution in [0.4, 0.5) is 0 Å². The summed E-state index contributed by atoms with van der Waals surface area (Å²) < 4.78 is 0. The number of likely N-dealkylation sites (N-methyl/N-ethyl adjacent to an activating group) is 1. The van der Waals surface area contributed by atoms with Crippen molar-refractivity contribution in [1.29, 1.82) is 0 Å². The second-order valence-electron chi connectivity index (χ2n) is 6.29. The number of nitrogens with zero attached hydrogens (tertiary/aromatic N) is 1. The molecule has 1 aliphatic carbocycles. The highest BCUT2D eigenvalue weighted by Gasteiger charge is 2.39. The fourth-order valence-electron chi connectivity index (χ4n) is 3.58. The van der Waals surface area contributed by atoms with Crippen LogP contribution < -0.4 is 5.73 Å². The van der Waals surface area contributed by atoms with Crippen LogP contribution in [0.1, 0.15) is 65.2 Å². The summed E-state index contributed by atoms with van der Waals surface area (Å²) in [6.07, 6.45) is 10.5. The van der Waals surface area contributed by atoms with E-state index < -0.39 is 0 Å². The molecule has 2 N–H and O–H groups in total. The highest BCUT2D eigenvalue weighted by atomic mass is 15.2. The Morgan fingerprint density at radius 2 is 1.76 bits per heavy atom. The maximum atomic E-state index is 6.57. The van der Waals surface area contributed by atoms with Crippen LogP contribution in [0.15, 0.2) is 0 Å². The molecule has 0 aromatic heterocycles. The van der Waals surface area contributed by atoms with Crippen LogP contribution >= 0.6 is 0 Å². The summed E-state index contributed by atoms with van der Waals surface area (Å²) in [6.45, 7) is 4.62. The van der Waals surface area contributed by atoms with Crippen molar-refractivity contribution in [3.05, 3.63) is 0 Å². The van der Waals surface area contributed by atoms with Crippen molar-refractivity contribution in [2.75, 3.05) is 14.1 Å². The summed E-state index contributed by atoms with van der Waals surface area (Å²) in [7, 11) is 4.44. The standard InChI is InChI=1S/C15H32N2/c1-5-9-13(2)12-14(16)15(17(3)4)10-7-6-8-11-15/h13-14H,5-12,16H2,1-4H3. The van der Waals surface area contributed by atoms with Gasteiger partial charge in [0.25, 0.3) is 0 Å². The molecule has 1 rings (SSSR count). The first-order valence-electron chi connectivity index (χ1n) is 7.46. The molecule has 0 saturated heterocycles. The van der Waals surface area contributed by atoms with Crippen LogP contribution in [0.25, 0.3) is 0 Å². The van der Waals surface area contributed by atoms with Crippen LogP contribution in [-0.2, 0) is 0 Å². The zero-order valence-corrected chi connectivity index (χ0v) is 12.3. The second kappa shape index (κ2) is 6.75. The molecule has 0 heterocycles. The summed E-state index contributed by atoms with van der Waals surface area (Å²) >= 11 is 0. The average Bonchev–Trinajstić information content (AvgIpc) is 2.29. The van der Waals surface area contributed by atoms with Gasteiger partial charge in [0.1, 0.15) is 0 Å². The highest BCUT2D eigenvalue weighted by molar-refractivity contribution is 4.99. The first-order valence-corrected chi connectivity index (χ1v) is 7.46. The third-order valence-electron chi connectivity index (χ3n) is 4.74. The zero-order valence-electron chi connectivity index (χ0n) is 12.3. The molecule has 1 fully saturated rings. The molecule has 2 unspecified atom stereocenters. The van der Waals surface area contributed by atoms with E-state index in [2.05, 4.69) is 32.8 Å². The molecule has 0 aromatic rings. The van der Waals surface area contributed by atoms with E-state index >= 15 is 0 Å². The Morgan fingerprint density at radius 3 is 2.24 bits per heavy atom. The molecule has 1 aliphatic rings. The van der Waals surface area contributed by atoms with Crippen molar-refractivity contribution >= 4 is 0 Å². The topological polar surface area (TPSA) is 29.3 Å². The Kier molecular flexibility index (Phi) is 5.94. The molecule has 102 valence electrons. The van der Waals surface area contributed by atoms with Gasteiger partial charge in [0.05, 0.1) is 0 Å². The Balaban J connectivity index is 2.63. The van der Waals surface area contributed by atoms with Crippen LogP contribution in [0.2, 0.25) is 0 Å². The van der Waals surface area contributed by atoms with E-state index in [1.807, 2.05) is 0 Å². The molecular formula is C15H32N2. The normalized spacial score (nSPS) is 23.6. The van der Waals surface area contributed by atoms with Gasteiger partial charge in [-0.1, -0.05) is 46.0 Å². The molecule has 1 saturated carbocycles. The number of hydrogen-bond donors (Lipinski definition) is 1. The molecule has 0 aromatic carbocycles. The molecule has 2 nitrogen and oxygen atoms in total. The SMILES string of the molecule is CCCC(C)CC(N)C1(N(C)C)CCCCC1. The molecular weight excluding hydrogens is 208 g/mol. The molecule has 2 atom stereocenters. The lowest BCUT2D eigenvalue weighted by Gasteiger charge is -2.48. The van der Waals surface area contributed by atoms with Gasteiger partial charge in [-0.15, -0.1) is 0 Å². The number of nitrogens with two attached hydrogens (primary N) is 1. The van der Waals surface area contributed by atoms with Crippen LogP contribution in [-0.4, -0.2) is 30.6 Å². The fourth-order valence-corrected chi connectivity index (χ4v) is 3.58. The van der Waals surface area contributed by atoms with Crippen molar-refractivity contribution in [2.24, 2.45) is 11.7 Å². The van der Waals surface area contributed by atoms with Crippen molar-refractivity contribution in [3.8, 4) is 0 Å². The van der Waals surface area contributed by atoms with E-state index in [-0.39, 0.29) is 5.54 Å². The van der Waals surface area contributed by atoms with E-state index in [4.69, 9.17) is 5.73 Å². The van der Waals surface area contributed by atoms with Gasteiger partial charge in [-0.25, -0.2) is 0 Å². The van der Waals surface area contributed by atoms with Gasteiger partial charge < -0.3 is 10.6 Å². The van der Waals surface area contributed by atoms with Crippen molar-refractivity contribution in [2.45, 2.75) is 76.8 Å². The number of rotatable bonds is 6. The first kappa shape index (κ1) is 15.0. The van der Waals surface area contributed by atoms with Gasteiger partial charge in [-0.2, -0.15) is 0 Å². The summed E-state index contributed by atoms with van der Waals surface area (Å²) in [5, 5.41) is 0. The van der Waals surface area contributed by atoms with Gasteiger partial charge in [0.2, 0.25) is 0 Å². The largest absolute Gasteiger partial charge is 0.326 e. The lowest BCUT2D eigenvalue weighted by Crippen LogP contribution is -2.58. The van der Waals surface area contributed by atoms with Crippen LogP contribution in [0.5, 0.6) is 0 Å². The van der Waals surface area contributed by atoms with Gasteiger partial charge in [-0.05, 0) is 39.3 Å². The van der Waals surface area contributed by atoms with Crippen molar-refractivity contribution < 1.29 is 0 Å². The maximum Gasteiger partial charge on any atom is 0.0354 e. The average molecular weight is 240 g/mol. The molecule has 0 spiro atoms. The Hall–Kier alpha value is -0.0800. The molecule has 0 radical (unpaired) electrons. The monoisotopic (exact) mass is 240 g/mol. The van der Waals surface area contributed by atoms with Gasteiger partial charge >= 0.3 is 0 Å². The molecule has 2 heteroatoms. The van der Waals surface area contributed by atoms with Gasteiger partial charge in [0.15, 0.2) is 0 Å². The Labute approximate surface area is 108 Å². The minimum Gasteiger partial charge on any atom is -0.326 e. The zero-order chi connectivity index (χ0) is 12.9. The van der Waals surface area contributed by atoms with Crippen LogP contribution in [0.3, 0.4) is 0 Å². The quantitative estimate of drug-likeness (QED) is 0.771. The summed E-state index contributed by atoms with van der Waals surface area (Å²) in [6, 6.07) is 0.347. The summed E-state index contributed by atoms with van der Waals surface area (Å²) in [5.41, 5.74) is 6.85. The van der Waals surface area contributed by atoms with E-state index in [1.165, 1.54) is 51.4 Å². The molecule has 0 bridgehead atoms. The van der Waals surface area contributed by atoms with Crippen molar-refractivity contribution in [1.82, 2.24) is 4.90 Å². The van der Waals surface area contributed by atoms with E-state index in [1.54, 1.807) is 0 Å². The summed E-state index contributed by atoms with van der Waals surface area (Å²) in [5.74, 6) is 0.772. The molecule has 17 heavy (non-hydrogen) atoms. The maximum absolute atomic E-state index is 6.57. The first-order chi connectivity index (χ1) is 8.03. The molecule has 0 aliphatic heterocycles. The van der Waals surface area contributed by atoms with E-state index in [0.717, 1.165) is 5.92 Å². The minimum absolute atomic E-state index is 0.278. The molecule has 0 amide bonds. The van der Waals surface area contributed by atoms with Crippen LogP contribution in [0, 0.1) is 5.92 Å². The lowest BCUT2D eigenvalue weighted by molar-refractivity contribution is 0.0625. The third-order valence-corrected chi connectivity index (χ3v) is 4.74. The minimum atomic E-state index is 0.278. The third kappa shape index (κ3) is 3.69. The fraction of sp³-hybridized carbons (Fsp3) is 1.00. The highest BCUT2D eigenvalue weighted by Crippen LogP contribution is 2.36.